The number of carbonyl (C=O) groups excluding carboxylic acids is 1. The number of benzene rings is 3. The maximum Gasteiger partial charge on any atom is 0.321 e. The van der Waals surface area contributed by atoms with Crippen molar-refractivity contribution in [2.75, 3.05) is 36.4 Å². The van der Waals surface area contributed by atoms with E-state index in [9.17, 15) is 4.79 Å². The maximum absolute atomic E-state index is 12.9. The van der Waals surface area contributed by atoms with Crippen molar-refractivity contribution in [2.24, 2.45) is 0 Å². The molecule has 0 radical (unpaired) electrons. The second kappa shape index (κ2) is 10.8. The minimum absolute atomic E-state index is 0.0610. The molecule has 37 heavy (non-hydrogen) atoms. The fraction of sp³-hybridized carbons (Fsp3) is 0.258. The number of nitrogens with one attached hydrogen (secondary N) is 1. The standard InChI is InChI=1S/C31H33N5O/c1-22-9-7-13-26(19-22)29-32-24(3)28(21-25-11-5-4-6-12-25)30(34-29)35-15-17-36(18-16-35)31(37)33-27-14-8-10-23(2)20-27/h4-14,19-20H,15-18,21H2,1-3H3,(H,33,37). The van der Waals surface area contributed by atoms with Gasteiger partial charge < -0.3 is 15.1 Å². The number of aryl methyl sites for hydroxylation is 3. The Labute approximate surface area is 219 Å². The van der Waals surface area contributed by atoms with Gasteiger partial charge in [0, 0.05) is 55.1 Å². The van der Waals surface area contributed by atoms with Crippen molar-refractivity contribution in [3.63, 3.8) is 0 Å². The van der Waals surface area contributed by atoms with E-state index in [0.717, 1.165) is 46.1 Å². The number of carbonyl (C=O) groups is 1. The molecular weight excluding hydrogens is 458 g/mol. The average molecular weight is 492 g/mol. The van der Waals surface area contributed by atoms with E-state index in [1.54, 1.807) is 0 Å². The molecule has 0 unspecified atom stereocenters. The summed E-state index contributed by atoms with van der Waals surface area (Å²) >= 11 is 0. The summed E-state index contributed by atoms with van der Waals surface area (Å²) < 4.78 is 0. The molecule has 0 aliphatic carbocycles. The molecule has 4 aromatic rings. The second-order valence-corrected chi connectivity index (χ2v) is 9.74. The first-order valence-corrected chi connectivity index (χ1v) is 12.8. The van der Waals surface area contributed by atoms with Crippen LogP contribution in [0, 0.1) is 20.8 Å². The lowest BCUT2D eigenvalue weighted by molar-refractivity contribution is 0.208. The number of aromatic nitrogens is 2. The van der Waals surface area contributed by atoms with Gasteiger partial charge in [0.15, 0.2) is 5.82 Å². The molecule has 2 heterocycles. The van der Waals surface area contributed by atoms with Crippen LogP contribution in [0.2, 0.25) is 0 Å². The smallest absolute Gasteiger partial charge is 0.321 e. The lowest BCUT2D eigenvalue weighted by Crippen LogP contribution is -2.50. The molecule has 0 atom stereocenters. The van der Waals surface area contributed by atoms with E-state index in [1.165, 1.54) is 11.1 Å². The number of nitrogens with zero attached hydrogens (tertiary/aromatic N) is 4. The topological polar surface area (TPSA) is 61.4 Å². The van der Waals surface area contributed by atoms with Crippen LogP contribution >= 0.6 is 0 Å². The first-order chi connectivity index (χ1) is 18.0. The van der Waals surface area contributed by atoms with E-state index in [2.05, 4.69) is 66.5 Å². The molecule has 0 saturated carbocycles. The van der Waals surface area contributed by atoms with Gasteiger partial charge in [-0.3, -0.25) is 0 Å². The number of urea groups is 1. The molecule has 6 nitrogen and oxygen atoms in total. The molecule has 1 aliphatic rings. The summed E-state index contributed by atoms with van der Waals surface area (Å²) in [4.78, 5) is 27.1. The molecule has 1 aromatic heterocycles. The highest BCUT2D eigenvalue weighted by Crippen LogP contribution is 2.29. The first-order valence-electron chi connectivity index (χ1n) is 12.8. The zero-order chi connectivity index (χ0) is 25.8. The van der Waals surface area contributed by atoms with Crippen molar-refractivity contribution in [3.05, 3.63) is 107 Å². The van der Waals surface area contributed by atoms with Crippen molar-refractivity contribution in [3.8, 4) is 11.4 Å². The molecule has 2 amide bonds. The molecule has 0 spiro atoms. The van der Waals surface area contributed by atoms with Gasteiger partial charge in [0.1, 0.15) is 5.82 Å². The van der Waals surface area contributed by atoms with Gasteiger partial charge >= 0.3 is 6.03 Å². The van der Waals surface area contributed by atoms with Crippen LogP contribution in [0.5, 0.6) is 0 Å². The summed E-state index contributed by atoms with van der Waals surface area (Å²) in [7, 11) is 0. The fourth-order valence-electron chi connectivity index (χ4n) is 4.81. The zero-order valence-corrected chi connectivity index (χ0v) is 21.7. The van der Waals surface area contributed by atoms with E-state index in [-0.39, 0.29) is 6.03 Å². The highest BCUT2D eigenvalue weighted by Gasteiger charge is 2.25. The van der Waals surface area contributed by atoms with Crippen molar-refractivity contribution < 1.29 is 4.79 Å². The molecule has 5 rings (SSSR count). The Morgan fingerprint density at radius 3 is 2.22 bits per heavy atom. The minimum Gasteiger partial charge on any atom is -0.353 e. The fourth-order valence-corrected chi connectivity index (χ4v) is 4.81. The van der Waals surface area contributed by atoms with E-state index < -0.39 is 0 Å². The van der Waals surface area contributed by atoms with Crippen LogP contribution < -0.4 is 10.2 Å². The monoisotopic (exact) mass is 491 g/mol. The Kier molecular flexibility index (Phi) is 7.17. The Bertz CT molecular complexity index is 1390. The maximum atomic E-state index is 12.9. The highest BCUT2D eigenvalue weighted by atomic mass is 16.2. The van der Waals surface area contributed by atoms with Crippen LogP contribution in [0.15, 0.2) is 78.9 Å². The van der Waals surface area contributed by atoms with Crippen molar-refractivity contribution >= 4 is 17.5 Å². The zero-order valence-electron chi connectivity index (χ0n) is 21.7. The quantitative estimate of drug-likeness (QED) is 0.371. The number of hydrogen-bond donors (Lipinski definition) is 1. The van der Waals surface area contributed by atoms with Crippen molar-refractivity contribution in [1.29, 1.82) is 0 Å². The molecule has 188 valence electrons. The predicted molar refractivity (Wildman–Crippen MR) is 150 cm³/mol. The number of amides is 2. The van der Waals surface area contributed by atoms with Gasteiger partial charge in [-0.25, -0.2) is 14.8 Å². The largest absolute Gasteiger partial charge is 0.353 e. The number of hydrogen-bond acceptors (Lipinski definition) is 4. The summed E-state index contributed by atoms with van der Waals surface area (Å²) in [5, 5.41) is 3.04. The molecule has 0 bridgehead atoms. The van der Waals surface area contributed by atoms with E-state index in [0.29, 0.717) is 26.2 Å². The molecular formula is C31H33N5O. The first kappa shape index (κ1) is 24.5. The van der Waals surface area contributed by atoms with Gasteiger partial charge in [-0.1, -0.05) is 66.2 Å². The molecule has 1 aliphatic heterocycles. The minimum atomic E-state index is -0.0610. The van der Waals surface area contributed by atoms with Crippen LogP contribution in [0.25, 0.3) is 11.4 Å². The van der Waals surface area contributed by atoms with E-state index in [1.807, 2.05) is 48.2 Å². The SMILES string of the molecule is Cc1cccc(NC(=O)N2CCN(c3nc(-c4cccc(C)c4)nc(C)c3Cc3ccccc3)CC2)c1. The third-order valence-corrected chi connectivity index (χ3v) is 6.83. The average Bonchev–Trinajstić information content (AvgIpc) is 2.90. The van der Waals surface area contributed by atoms with Gasteiger partial charge in [-0.05, 0) is 50.1 Å². The van der Waals surface area contributed by atoms with Crippen molar-refractivity contribution in [1.82, 2.24) is 14.9 Å². The lowest BCUT2D eigenvalue weighted by Gasteiger charge is -2.36. The van der Waals surface area contributed by atoms with E-state index >= 15 is 0 Å². The molecule has 3 aromatic carbocycles. The van der Waals surface area contributed by atoms with Gasteiger partial charge in [-0.2, -0.15) is 0 Å². The summed E-state index contributed by atoms with van der Waals surface area (Å²) in [6.07, 6.45) is 0.768. The van der Waals surface area contributed by atoms with Crippen LogP contribution in [-0.2, 0) is 6.42 Å². The molecule has 1 saturated heterocycles. The van der Waals surface area contributed by atoms with Crippen LogP contribution in [0.3, 0.4) is 0 Å². The number of anilines is 2. The number of piperazine rings is 1. The van der Waals surface area contributed by atoms with Crippen LogP contribution in [-0.4, -0.2) is 47.1 Å². The summed E-state index contributed by atoms with van der Waals surface area (Å²) in [6, 6.07) is 26.6. The lowest BCUT2D eigenvalue weighted by atomic mass is 10.0. The highest BCUT2D eigenvalue weighted by molar-refractivity contribution is 5.89. The van der Waals surface area contributed by atoms with Gasteiger partial charge in [0.25, 0.3) is 0 Å². The second-order valence-electron chi connectivity index (χ2n) is 9.74. The van der Waals surface area contributed by atoms with Crippen LogP contribution in [0.4, 0.5) is 16.3 Å². The Hall–Kier alpha value is -4.19. The molecule has 1 fully saturated rings. The van der Waals surface area contributed by atoms with E-state index in [4.69, 9.17) is 9.97 Å². The Balaban J connectivity index is 1.40. The Morgan fingerprint density at radius 2 is 1.51 bits per heavy atom. The predicted octanol–water partition coefficient (Wildman–Crippen LogP) is 6.01. The summed E-state index contributed by atoms with van der Waals surface area (Å²) in [5.41, 5.74) is 7.51. The normalized spacial score (nSPS) is 13.5. The van der Waals surface area contributed by atoms with Gasteiger partial charge in [0.2, 0.25) is 0 Å². The van der Waals surface area contributed by atoms with Gasteiger partial charge in [0.05, 0.1) is 0 Å². The third-order valence-electron chi connectivity index (χ3n) is 6.83. The Morgan fingerprint density at radius 1 is 0.811 bits per heavy atom. The van der Waals surface area contributed by atoms with Crippen LogP contribution in [0.1, 0.15) is 27.9 Å². The van der Waals surface area contributed by atoms with Gasteiger partial charge in [-0.15, -0.1) is 0 Å². The summed E-state index contributed by atoms with van der Waals surface area (Å²) in [6.45, 7) is 8.88. The number of rotatable bonds is 5. The molecule has 1 N–H and O–H groups in total. The summed E-state index contributed by atoms with van der Waals surface area (Å²) in [5.74, 6) is 1.71. The molecule has 6 heteroatoms. The third kappa shape index (κ3) is 5.80. The van der Waals surface area contributed by atoms with Crippen molar-refractivity contribution in [2.45, 2.75) is 27.2 Å².